The number of para-hydroxylation sites is 1. The van der Waals surface area contributed by atoms with Gasteiger partial charge in [-0.15, -0.1) is 0 Å². The van der Waals surface area contributed by atoms with Crippen LogP contribution in [-0.4, -0.2) is 64.1 Å². The molecule has 7 heteroatoms. The van der Waals surface area contributed by atoms with E-state index >= 15 is 0 Å². The second kappa shape index (κ2) is 7.99. The molecule has 0 bridgehead atoms. The average molecular weight is 396 g/mol. The number of carbonyl (C=O) groups excluding carboxylic acids is 2. The minimum absolute atomic E-state index is 0.0612. The molecule has 0 radical (unpaired) electrons. The van der Waals surface area contributed by atoms with Gasteiger partial charge in [0.1, 0.15) is 0 Å². The first-order chi connectivity index (χ1) is 14.0. The van der Waals surface area contributed by atoms with Gasteiger partial charge in [0.25, 0.3) is 0 Å². The number of likely N-dealkylation sites (N-methyl/N-ethyl adjacent to an activating group) is 1. The number of rotatable bonds is 4. The van der Waals surface area contributed by atoms with Crippen LogP contribution in [0.2, 0.25) is 0 Å². The molecule has 2 aromatic rings. The van der Waals surface area contributed by atoms with Crippen LogP contribution < -0.4 is 5.32 Å². The van der Waals surface area contributed by atoms with Crippen LogP contribution in [0.4, 0.5) is 0 Å². The summed E-state index contributed by atoms with van der Waals surface area (Å²) in [6.45, 7) is 4.42. The van der Waals surface area contributed by atoms with Gasteiger partial charge in [-0.2, -0.15) is 5.10 Å². The van der Waals surface area contributed by atoms with Crippen LogP contribution in [0.5, 0.6) is 0 Å². The van der Waals surface area contributed by atoms with E-state index in [0.717, 1.165) is 50.1 Å². The van der Waals surface area contributed by atoms with E-state index in [4.69, 9.17) is 0 Å². The lowest BCUT2D eigenvalue weighted by Crippen LogP contribution is -2.66. The molecular weight excluding hydrogens is 366 g/mol. The number of fused-ring (bicyclic) bond motifs is 1. The molecule has 0 unspecified atom stereocenters. The van der Waals surface area contributed by atoms with E-state index in [1.807, 2.05) is 46.1 Å². The van der Waals surface area contributed by atoms with E-state index < -0.39 is 5.41 Å². The van der Waals surface area contributed by atoms with Gasteiger partial charge < -0.3 is 15.1 Å². The molecule has 0 saturated carbocycles. The fraction of sp³-hybridized carbons (Fsp3) is 0.500. The van der Waals surface area contributed by atoms with Crippen molar-refractivity contribution < 1.29 is 9.59 Å². The second-order valence-electron chi connectivity index (χ2n) is 8.26. The Bertz CT molecular complexity index is 881. The summed E-state index contributed by atoms with van der Waals surface area (Å²) in [4.78, 5) is 29.9. The molecule has 2 aliphatic rings. The zero-order valence-electron chi connectivity index (χ0n) is 17.2. The predicted octanol–water partition coefficient (Wildman–Crippen LogP) is 1.82. The zero-order valence-corrected chi connectivity index (χ0v) is 17.2. The van der Waals surface area contributed by atoms with Crippen LogP contribution in [0.25, 0.3) is 5.69 Å². The van der Waals surface area contributed by atoms with Gasteiger partial charge in [-0.05, 0) is 50.6 Å². The first-order valence-corrected chi connectivity index (χ1v) is 10.3. The highest BCUT2D eigenvalue weighted by atomic mass is 16.2. The fourth-order valence-corrected chi connectivity index (χ4v) is 4.93. The van der Waals surface area contributed by atoms with Gasteiger partial charge in [-0.1, -0.05) is 18.2 Å². The van der Waals surface area contributed by atoms with Crippen molar-refractivity contribution in [2.75, 3.05) is 26.7 Å². The van der Waals surface area contributed by atoms with Gasteiger partial charge in [0, 0.05) is 39.0 Å². The van der Waals surface area contributed by atoms with Crippen molar-refractivity contribution in [3.8, 4) is 5.69 Å². The van der Waals surface area contributed by atoms with Crippen molar-refractivity contribution in [3.05, 3.63) is 48.3 Å². The summed E-state index contributed by atoms with van der Waals surface area (Å²) in [5.41, 5.74) is 1.48. The van der Waals surface area contributed by atoms with E-state index in [1.54, 1.807) is 13.1 Å². The molecule has 7 nitrogen and oxygen atoms in total. The summed E-state index contributed by atoms with van der Waals surface area (Å²) in [5.74, 6) is 0.128. The Balaban J connectivity index is 1.55. The number of carbonyl (C=O) groups is 2. The number of likely N-dealkylation sites (tertiary alicyclic amines) is 2. The summed E-state index contributed by atoms with van der Waals surface area (Å²) in [5, 5.41) is 7.52. The summed E-state index contributed by atoms with van der Waals surface area (Å²) in [7, 11) is 2.06. The number of aromatic nitrogens is 2. The maximum absolute atomic E-state index is 13.5. The number of benzene rings is 1. The van der Waals surface area contributed by atoms with Crippen molar-refractivity contribution in [1.82, 2.24) is 24.9 Å². The third kappa shape index (κ3) is 3.67. The first kappa shape index (κ1) is 19.6. The summed E-state index contributed by atoms with van der Waals surface area (Å²) >= 11 is 0. The second-order valence-corrected chi connectivity index (χ2v) is 8.26. The largest absolute Gasteiger partial charge is 0.351 e. The Labute approximate surface area is 171 Å². The van der Waals surface area contributed by atoms with Gasteiger partial charge in [-0.3, -0.25) is 9.59 Å². The lowest BCUT2D eigenvalue weighted by Gasteiger charge is -2.53. The van der Waals surface area contributed by atoms with Crippen molar-refractivity contribution in [1.29, 1.82) is 0 Å². The highest BCUT2D eigenvalue weighted by Gasteiger charge is 2.52. The Kier molecular flexibility index (Phi) is 5.41. The van der Waals surface area contributed by atoms with E-state index in [2.05, 4.69) is 22.4 Å². The number of hydrogen-bond acceptors (Lipinski definition) is 4. The van der Waals surface area contributed by atoms with Crippen LogP contribution in [0.1, 0.15) is 31.7 Å². The monoisotopic (exact) mass is 395 g/mol. The molecule has 1 aromatic carbocycles. The topological polar surface area (TPSA) is 70.5 Å². The number of nitrogens with one attached hydrogen (secondary N) is 1. The number of amides is 2. The minimum atomic E-state index is -0.503. The number of nitrogens with zero attached hydrogens (tertiary/aromatic N) is 4. The van der Waals surface area contributed by atoms with Gasteiger partial charge in [0.05, 0.1) is 17.1 Å². The lowest BCUT2D eigenvalue weighted by molar-refractivity contribution is -0.152. The van der Waals surface area contributed by atoms with Gasteiger partial charge in [0.2, 0.25) is 11.8 Å². The van der Waals surface area contributed by atoms with Crippen molar-refractivity contribution in [2.24, 2.45) is 5.41 Å². The molecule has 2 saturated heterocycles. The van der Waals surface area contributed by atoms with E-state index in [0.29, 0.717) is 6.54 Å². The number of piperidine rings is 2. The van der Waals surface area contributed by atoms with E-state index in [-0.39, 0.29) is 17.9 Å². The molecule has 0 spiro atoms. The quantitative estimate of drug-likeness (QED) is 0.857. The predicted molar refractivity (Wildman–Crippen MR) is 110 cm³/mol. The molecular formula is C22H29N5O2. The molecule has 2 fully saturated rings. The Hall–Kier alpha value is -2.67. The van der Waals surface area contributed by atoms with Crippen LogP contribution in [-0.2, 0) is 16.1 Å². The Morgan fingerprint density at radius 2 is 2.03 bits per heavy atom. The minimum Gasteiger partial charge on any atom is -0.351 e. The van der Waals surface area contributed by atoms with Crippen molar-refractivity contribution in [2.45, 2.75) is 38.8 Å². The lowest BCUT2D eigenvalue weighted by atomic mass is 9.67. The normalized spacial score (nSPS) is 24.8. The SMILES string of the molecule is CC(=O)N1CCC[C@@]2(C(=O)NCc3ccccc3-n3cccn3)CCN(C)C[C@H]12. The van der Waals surface area contributed by atoms with E-state index in [9.17, 15) is 9.59 Å². The average Bonchev–Trinajstić information content (AvgIpc) is 3.26. The third-order valence-electron chi connectivity index (χ3n) is 6.50. The Morgan fingerprint density at radius 3 is 2.79 bits per heavy atom. The van der Waals surface area contributed by atoms with Crippen molar-refractivity contribution in [3.63, 3.8) is 0 Å². The fourth-order valence-electron chi connectivity index (χ4n) is 4.93. The van der Waals surface area contributed by atoms with Crippen molar-refractivity contribution >= 4 is 11.8 Å². The molecule has 2 atom stereocenters. The molecule has 1 aromatic heterocycles. The summed E-state index contributed by atoms with van der Waals surface area (Å²) < 4.78 is 1.82. The number of hydrogen-bond donors (Lipinski definition) is 1. The molecule has 3 heterocycles. The van der Waals surface area contributed by atoms with Gasteiger partial charge >= 0.3 is 0 Å². The van der Waals surface area contributed by atoms with Gasteiger partial charge in [0.15, 0.2) is 0 Å². The highest BCUT2D eigenvalue weighted by Crippen LogP contribution is 2.42. The molecule has 29 heavy (non-hydrogen) atoms. The highest BCUT2D eigenvalue weighted by molar-refractivity contribution is 5.85. The van der Waals surface area contributed by atoms with E-state index in [1.165, 1.54) is 0 Å². The van der Waals surface area contributed by atoms with Crippen LogP contribution in [0.15, 0.2) is 42.7 Å². The maximum Gasteiger partial charge on any atom is 0.228 e. The molecule has 2 aliphatic heterocycles. The Morgan fingerprint density at radius 1 is 1.21 bits per heavy atom. The first-order valence-electron chi connectivity index (χ1n) is 10.3. The third-order valence-corrected chi connectivity index (χ3v) is 6.50. The molecule has 4 rings (SSSR count). The van der Waals surface area contributed by atoms with Crippen LogP contribution >= 0.6 is 0 Å². The molecule has 0 aliphatic carbocycles. The standard InChI is InChI=1S/C22H29N5O2/c1-17(28)26-12-5-9-22(10-14-25(2)16-20(22)26)21(29)23-15-18-7-3-4-8-19(18)27-13-6-11-24-27/h3-4,6-8,11,13,20H,5,9-10,12,14-16H2,1-2H3,(H,23,29)/t20-,22+/m0/s1. The molecule has 154 valence electrons. The maximum atomic E-state index is 13.5. The van der Waals surface area contributed by atoms with Gasteiger partial charge in [-0.25, -0.2) is 4.68 Å². The summed E-state index contributed by atoms with van der Waals surface area (Å²) in [6, 6.07) is 9.79. The zero-order chi connectivity index (χ0) is 20.4. The molecule has 1 N–H and O–H groups in total. The molecule has 2 amide bonds. The van der Waals surface area contributed by atoms with Crippen LogP contribution in [0.3, 0.4) is 0 Å². The van der Waals surface area contributed by atoms with Crippen LogP contribution in [0, 0.1) is 5.41 Å². The smallest absolute Gasteiger partial charge is 0.228 e. The summed E-state index contributed by atoms with van der Waals surface area (Å²) in [6.07, 6.45) is 6.14.